The minimum atomic E-state index is -3.72. The molecule has 2 saturated heterocycles. The zero-order valence-corrected chi connectivity index (χ0v) is 19.3. The molecule has 0 saturated carbocycles. The molecule has 2 aliphatic rings. The number of benzene rings is 1. The Kier molecular flexibility index (Phi) is 7.49. The summed E-state index contributed by atoms with van der Waals surface area (Å²) < 4.78 is 27.4. The summed E-state index contributed by atoms with van der Waals surface area (Å²) in [5.41, 5.74) is 0. The van der Waals surface area contributed by atoms with Crippen LogP contribution in [0.3, 0.4) is 0 Å². The van der Waals surface area contributed by atoms with Gasteiger partial charge in [-0.05, 0) is 44.7 Å². The second-order valence-corrected chi connectivity index (χ2v) is 10.4. The molecule has 0 aromatic heterocycles. The number of piperidine rings is 1. The highest BCUT2D eigenvalue weighted by atomic mass is 35.5. The Bertz CT molecular complexity index is 841. The topological polar surface area (TPSA) is 60.9 Å². The van der Waals surface area contributed by atoms with Gasteiger partial charge >= 0.3 is 0 Å². The summed E-state index contributed by atoms with van der Waals surface area (Å²) in [6.45, 7) is 6.54. The minimum Gasteiger partial charge on any atom is -0.338 e. The van der Waals surface area contributed by atoms with E-state index in [1.807, 2.05) is 11.8 Å². The monoisotopic (exact) mass is 461 g/mol. The van der Waals surface area contributed by atoms with Crippen molar-refractivity contribution < 1.29 is 13.2 Å². The highest BCUT2D eigenvalue weighted by Gasteiger charge is 2.36. The summed E-state index contributed by atoms with van der Waals surface area (Å²) >= 11 is 12.1. The number of amides is 1. The van der Waals surface area contributed by atoms with E-state index in [-0.39, 0.29) is 26.9 Å². The lowest BCUT2D eigenvalue weighted by molar-refractivity contribution is -0.140. The highest BCUT2D eigenvalue weighted by molar-refractivity contribution is 7.89. The van der Waals surface area contributed by atoms with Crippen LogP contribution in [0.5, 0.6) is 0 Å². The number of carbonyl (C=O) groups is 1. The fourth-order valence-electron chi connectivity index (χ4n) is 4.26. The molecule has 29 heavy (non-hydrogen) atoms. The van der Waals surface area contributed by atoms with Crippen LogP contribution < -0.4 is 0 Å². The molecule has 1 amide bonds. The molecule has 162 valence electrons. The minimum absolute atomic E-state index is 0.0309. The lowest BCUT2D eigenvalue weighted by Crippen LogP contribution is -2.57. The molecule has 0 spiro atoms. The van der Waals surface area contributed by atoms with Crippen LogP contribution in [0, 0.1) is 0 Å². The van der Waals surface area contributed by atoms with Crippen molar-refractivity contribution in [3.63, 3.8) is 0 Å². The molecule has 0 N–H and O–H groups in total. The van der Waals surface area contributed by atoms with E-state index in [0.717, 1.165) is 25.8 Å². The van der Waals surface area contributed by atoms with Crippen molar-refractivity contribution in [2.45, 2.75) is 56.5 Å². The Hall–Kier alpha value is -0.860. The molecule has 6 nitrogen and oxygen atoms in total. The number of halogens is 2. The SMILES string of the molecule is CCC1CCCCN1C(=O)C(C)N1CCN(S(=O)(=O)c2cccc(Cl)c2Cl)CC1. The summed E-state index contributed by atoms with van der Waals surface area (Å²) in [4.78, 5) is 17.2. The van der Waals surface area contributed by atoms with Crippen molar-refractivity contribution in [3.05, 3.63) is 28.2 Å². The van der Waals surface area contributed by atoms with Gasteiger partial charge in [-0.15, -0.1) is 0 Å². The first kappa shape index (κ1) is 22.8. The Balaban J connectivity index is 1.65. The second-order valence-electron chi connectivity index (χ2n) is 7.76. The Morgan fingerprint density at radius 3 is 2.48 bits per heavy atom. The van der Waals surface area contributed by atoms with Gasteiger partial charge in [0.25, 0.3) is 0 Å². The van der Waals surface area contributed by atoms with Crippen molar-refractivity contribution in [2.75, 3.05) is 32.7 Å². The van der Waals surface area contributed by atoms with E-state index in [1.165, 1.54) is 16.8 Å². The lowest BCUT2D eigenvalue weighted by atomic mass is 9.99. The maximum Gasteiger partial charge on any atom is 0.244 e. The molecule has 1 aromatic carbocycles. The molecule has 3 rings (SSSR count). The molecule has 1 aromatic rings. The number of hydrogen-bond acceptors (Lipinski definition) is 4. The van der Waals surface area contributed by atoms with E-state index in [2.05, 4.69) is 11.8 Å². The van der Waals surface area contributed by atoms with Gasteiger partial charge in [0.2, 0.25) is 15.9 Å². The third-order valence-electron chi connectivity index (χ3n) is 6.09. The van der Waals surface area contributed by atoms with Crippen LogP contribution in [0.15, 0.2) is 23.1 Å². The number of hydrogen-bond donors (Lipinski definition) is 0. The first-order valence-corrected chi connectivity index (χ1v) is 12.5. The van der Waals surface area contributed by atoms with Crippen LogP contribution in [0.2, 0.25) is 10.0 Å². The van der Waals surface area contributed by atoms with Crippen LogP contribution in [0.25, 0.3) is 0 Å². The summed E-state index contributed by atoms with van der Waals surface area (Å²) in [5, 5.41) is 0.272. The molecule has 2 unspecified atom stereocenters. The first-order valence-electron chi connectivity index (χ1n) is 10.3. The molecule has 0 bridgehead atoms. The fourth-order valence-corrected chi connectivity index (χ4v) is 6.42. The second kappa shape index (κ2) is 9.52. The van der Waals surface area contributed by atoms with E-state index >= 15 is 0 Å². The zero-order chi connectivity index (χ0) is 21.2. The average molecular weight is 462 g/mol. The molecule has 2 aliphatic heterocycles. The van der Waals surface area contributed by atoms with E-state index in [9.17, 15) is 13.2 Å². The zero-order valence-electron chi connectivity index (χ0n) is 17.0. The summed E-state index contributed by atoms with van der Waals surface area (Å²) in [5.74, 6) is 0.158. The Morgan fingerprint density at radius 1 is 1.14 bits per heavy atom. The molecule has 2 atom stereocenters. The normalized spacial score (nSPS) is 23.2. The number of likely N-dealkylation sites (tertiary alicyclic amines) is 1. The Labute approximate surface area is 183 Å². The Morgan fingerprint density at radius 2 is 1.83 bits per heavy atom. The number of piperazine rings is 1. The van der Waals surface area contributed by atoms with Crippen molar-refractivity contribution in [1.29, 1.82) is 0 Å². The number of rotatable bonds is 5. The van der Waals surface area contributed by atoms with E-state index in [1.54, 1.807) is 12.1 Å². The molecular formula is C20H29Cl2N3O3S. The van der Waals surface area contributed by atoms with Crippen LogP contribution >= 0.6 is 23.2 Å². The molecular weight excluding hydrogens is 433 g/mol. The summed E-state index contributed by atoms with van der Waals surface area (Å²) in [6, 6.07) is 4.70. The van der Waals surface area contributed by atoms with Gasteiger partial charge in [-0.25, -0.2) is 8.42 Å². The average Bonchev–Trinajstić information content (AvgIpc) is 2.74. The summed E-state index contributed by atoms with van der Waals surface area (Å²) in [6.07, 6.45) is 4.28. The van der Waals surface area contributed by atoms with Gasteiger partial charge in [-0.1, -0.05) is 36.2 Å². The molecule has 0 aliphatic carbocycles. The van der Waals surface area contributed by atoms with Gasteiger partial charge in [0.05, 0.1) is 16.1 Å². The van der Waals surface area contributed by atoms with Crippen molar-refractivity contribution >= 4 is 39.1 Å². The largest absolute Gasteiger partial charge is 0.338 e. The van der Waals surface area contributed by atoms with Gasteiger partial charge in [-0.2, -0.15) is 4.31 Å². The maximum absolute atomic E-state index is 13.1. The molecule has 2 heterocycles. The lowest BCUT2D eigenvalue weighted by Gasteiger charge is -2.41. The van der Waals surface area contributed by atoms with Crippen molar-refractivity contribution in [1.82, 2.24) is 14.1 Å². The van der Waals surface area contributed by atoms with Gasteiger partial charge < -0.3 is 4.90 Å². The number of sulfonamides is 1. The van der Waals surface area contributed by atoms with Gasteiger partial charge in [0.1, 0.15) is 4.90 Å². The van der Waals surface area contributed by atoms with Crippen LogP contribution in [0.4, 0.5) is 0 Å². The third-order valence-corrected chi connectivity index (χ3v) is 8.97. The number of carbonyl (C=O) groups excluding carboxylic acids is 1. The predicted molar refractivity (Wildman–Crippen MR) is 116 cm³/mol. The van der Waals surface area contributed by atoms with E-state index < -0.39 is 10.0 Å². The smallest absolute Gasteiger partial charge is 0.244 e. The van der Waals surface area contributed by atoms with E-state index in [4.69, 9.17) is 23.2 Å². The van der Waals surface area contributed by atoms with Crippen LogP contribution in [0.1, 0.15) is 39.5 Å². The standard InChI is InChI=1S/C20H29Cl2N3O3S/c1-3-16-7-4-5-10-25(16)20(26)15(2)23-11-13-24(14-12-23)29(27,28)18-9-6-8-17(21)19(18)22/h6,8-9,15-16H,3-5,7,10-14H2,1-2H3. The first-order chi connectivity index (χ1) is 13.8. The molecule has 9 heteroatoms. The number of nitrogens with zero attached hydrogens (tertiary/aromatic N) is 3. The van der Waals surface area contributed by atoms with E-state index in [0.29, 0.717) is 32.2 Å². The van der Waals surface area contributed by atoms with Gasteiger partial charge in [0.15, 0.2) is 0 Å². The molecule has 0 radical (unpaired) electrons. The van der Waals surface area contributed by atoms with Crippen molar-refractivity contribution in [2.24, 2.45) is 0 Å². The quantitative estimate of drug-likeness (QED) is 0.673. The third kappa shape index (κ3) is 4.74. The van der Waals surface area contributed by atoms with Crippen molar-refractivity contribution in [3.8, 4) is 0 Å². The van der Waals surface area contributed by atoms with Gasteiger partial charge in [0, 0.05) is 38.8 Å². The highest BCUT2D eigenvalue weighted by Crippen LogP contribution is 2.31. The molecule has 2 fully saturated rings. The van der Waals surface area contributed by atoms with Crippen LogP contribution in [-0.4, -0.2) is 73.2 Å². The van der Waals surface area contributed by atoms with Gasteiger partial charge in [-0.3, -0.25) is 9.69 Å². The maximum atomic E-state index is 13.1. The predicted octanol–water partition coefficient (Wildman–Crippen LogP) is 3.48. The fraction of sp³-hybridized carbons (Fsp3) is 0.650. The van der Waals surface area contributed by atoms with Crippen LogP contribution in [-0.2, 0) is 14.8 Å². The summed E-state index contributed by atoms with van der Waals surface area (Å²) in [7, 11) is -3.72.